The van der Waals surface area contributed by atoms with Gasteiger partial charge in [-0.2, -0.15) is 0 Å². The van der Waals surface area contributed by atoms with Gasteiger partial charge in [-0.1, -0.05) is 56.3 Å². The Kier molecular flexibility index (Phi) is 6.29. The van der Waals surface area contributed by atoms with Gasteiger partial charge in [0.05, 0.1) is 0 Å². The largest absolute Gasteiger partial charge is 0.489 e. The van der Waals surface area contributed by atoms with E-state index in [4.69, 9.17) is 4.74 Å². The van der Waals surface area contributed by atoms with Crippen LogP contribution in [0.5, 0.6) is 5.75 Å². The first-order valence-corrected chi connectivity index (χ1v) is 7.70. The Labute approximate surface area is 128 Å². The molecule has 0 atom stereocenters. The first kappa shape index (κ1) is 15.6. The van der Waals surface area contributed by atoms with E-state index in [1.807, 2.05) is 18.2 Å². The molecule has 2 rings (SSSR count). The molecule has 2 aromatic rings. The Morgan fingerprint density at radius 2 is 1.62 bits per heavy atom. The number of ether oxygens (including phenoxy) is 1. The zero-order chi connectivity index (χ0) is 14.9. The van der Waals surface area contributed by atoms with Crippen molar-refractivity contribution in [3.8, 4) is 5.75 Å². The molecule has 0 aromatic heterocycles. The molecule has 0 heterocycles. The molecule has 2 aromatic carbocycles. The molecule has 112 valence electrons. The molecule has 21 heavy (non-hydrogen) atoms. The molecule has 0 aliphatic carbocycles. The van der Waals surface area contributed by atoms with Gasteiger partial charge < -0.3 is 10.1 Å². The minimum atomic E-state index is 0.621. The lowest BCUT2D eigenvalue weighted by atomic mass is 10.1. The topological polar surface area (TPSA) is 21.3 Å². The highest BCUT2D eigenvalue weighted by Crippen LogP contribution is 2.14. The molecule has 0 aliphatic heterocycles. The van der Waals surface area contributed by atoms with Crippen molar-refractivity contribution in [3.63, 3.8) is 0 Å². The fraction of sp³-hybridized carbons (Fsp3) is 0.368. The SMILES string of the molecule is CC(C)CNCCc1ccc(OCc2ccccc2)cc1. The van der Waals surface area contributed by atoms with E-state index >= 15 is 0 Å². The minimum Gasteiger partial charge on any atom is -0.489 e. The molecule has 2 nitrogen and oxygen atoms in total. The average Bonchev–Trinajstić information content (AvgIpc) is 2.51. The van der Waals surface area contributed by atoms with Crippen molar-refractivity contribution >= 4 is 0 Å². The van der Waals surface area contributed by atoms with E-state index in [1.54, 1.807) is 0 Å². The summed E-state index contributed by atoms with van der Waals surface area (Å²) in [5, 5.41) is 3.46. The molecule has 2 heteroatoms. The van der Waals surface area contributed by atoms with Crippen LogP contribution in [0.2, 0.25) is 0 Å². The summed E-state index contributed by atoms with van der Waals surface area (Å²) in [6.45, 7) is 7.19. The van der Waals surface area contributed by atoms with E-state index in [0.717, 1.165) is 25.3 Å². The van der Waals surface area contributed by atoms with Crippen LogP contribution in [0.4, 0.5) is 0 Å². The van der Waals surface area contributed by atoms with E-state index in [0.29, 0.717) is 12.5 Å². The van der Waals surface area contributed by atoms with Crippen molar-refractivity contribution in [3.05, 3.63) is 65.7 Å². The lowest BCUT2D eigenvalue weighted by molar-refractivity contribution is 0.306. The van der Waals surface area contributed by atoms with Crippen LogP contribution in [0, 0.1) is 5.92 Å². The van der Waals surface area contributed by atoms with Gasteiger partial charge in [0.25, 0.3) is 0 Å². The maximum absolute atomic E-state index is 5.79. The maximum Gasteiger partial charge on any atom is 0.119 e. The van der Waals surface area contributed by atoms with Gasteiger partial charge in [0, 0.05) is 0 Å². The van der Waals surface area contributed by atoms with Crippen LogP contribution in [0.3, 0.4) is 0 Å². The van der Waals surface area contributed by atoms with Crippen LogP contribution >= 0.6 is 0 Å². The zero-order valence-electron chi connectivity index (χ0n) is 13.0. The molecule has 0 fully saturated rings. The van der Waals surface area contributed by atoms with E-state index in [-0.39, 0.29) is 0 Å². The summed E-state index contributed by atoms with van der Waals surface area (Å²) in [5.41, 5.74) is 2.54. The molecule has 0 amide bonds. The molecular weight excluding hydrogens is 258 g/mol. The molecule has 1 N–H and O–H groups in total. The predicted octanol–water partition coefficient (Wildman–Crippen LogP) is 4.05. The molecular formula is C19H25NO. The molecule has 0 saturated heterocycles. The summed E-state index contributed by atoms with van der Waals surface area (Å²) in [6.07, 6.45) is 1.06. The third kappa shape index (κ3) is 6.01. The minimum absolute atomic E-state index is 0.621. The number of nitrogens with one attached hydrogen (secondary N) is 1. The highest BCUT2D eigenvalue weighted by Gasteiger charge is 1.98. The van der Waals surface area contributed by atoms with Gasteiger partial charge in [-0.25, -0.2) is 0 Å². The number of hydrogen-bond donors (Lipinski definition) is 1. The molecule has 0 radical (unpaired) electrons. The standard InChI is InChI=1S/C19H25NO/c1-16(2)14-20-13-12-17-8-10-19(11-9-17)21-15-18-6-4-3-5-7-18/h3-11,16,20H,12-15H2,1-2H3. The van der Waals surface area contributed by atoms with Gasteiger partial charge in [0.2, 0.25) is 0 Å². The fourth-order valence-electron chi connectivity index (χ4n) is 2.12. The number of benzene rings is 2. The van der Waals surface area contributed by atoms with Crippen LogP contribution < -0.4 is 10.1 Å². The Balaban J connectivity index is 1.74. The van der Waals surface area contributed by atoms with Crippen LogP contribution in [-0.4, -0.2) is 13.1 Å². The Morgan fingerprint density at radius 1 is 0.905 bits per heavy atom. The summed E-state index contributed by atoms with van der Waals surface area (Å²) in [6, 6.07) is 18.7. The lowest BCUT2D eigenvalue weighted by Crippen LogP contribution is -2.22. The third-order valence-corrected chi connectivity index (χ3v) is 3.31. The molecule has 0 spiro atoms. The summed E-state index contributed by atoms with van der Waals surface area (Å²) in [4.78, 5) is 0. The molecule has 0 unspecified atom stereocenters. The normalized spacial score (nSPS) is 10.8. The van der Waals surface area contributed by atoms with Crippen molar-refractivity contribution in [1.29, 1.82) is 0 Å². The van der Waals surface area contributed by atoms with Crippen molar-refractivity contribution in [1.82, 2.24) is 5.32 Å². The number of rotatable bonds is 8. The van der Waals surface area contributed by atoms with Gasteiger partial charge in [-0.15, -0.1) is 0 Å². The monoisotopic (exact) mass is 283 g/mol. The van der Waals surface area contributed by atoms with Crippen molar-refractivity contribution in [2.75, 3.05) is 13.1 Å². The molecule has 0 bridgehead atoms. The third-order valence-electron chi connectivity index (χ3n) is 3.31. The highest BCUT2D eigenvalue weighted by atomic mass is 16.5. The Bertz CT molecular complexity index is 505. The Morgan fingerprint density at radius 3 is 2.29 bits per heavy atom. The highest BCUT2D eigenvalue weighted by molar-refractivity contribution is 5.28. The maximum atomic E-state index is 5.79. The quantitative estimate of drug-likeness (QED) is 0.738. The van der Waals surface area contributed by atoms with Crippen LogP contribution in [-0.2, 0) is 13.0 Å². The summed E-state index contributed by atoms with van der Waals surface area (Å²) in [7, 11) is 0. The first-order valence-electron chi connectivity index (χ1n) is 7.70. The van der Waals surface area contributed by atoms with Crippen molar-refractivity contribution < 1.29 is 4.74 Å². The van der Waals surface area contributed by atoms with Crippen molar-refractivity contribution in [2.24, 2.45) is 5.92 Å². The predicted molar refractivity (Wildman–Crippen MR) is 88.6 cm³/mol. The zero-order valence-corrected chi connectivity index (χ0v) is 13.0. The van der Waals surface area contributed by atoms with E-state index in [1.165, 1.54) is 11.1 Å². The second-order valence-electron chi connectivity index (χ2n) is 5.77. The molecule has 0 saturated carbocycles. The second kappa shape index (κ2) is 8.48. The lowest BCUT2D eigenvalue weighted by Gasteiger charge is -2.09. The van der Waals surface area contributed by atoms with E-state index < -0.39 is 0 Å². The smallest absolute Gasteiger partial charge is 0.119 e. The van der Waals surface area contributed by atoms with E-state index in [9.17, 15) is 0 Å². The number of hydrogen-bond acceptors (Lipinski definition) is 2. The van der Waals surface area contributed by atoms with Gasteiger partial charge in [-0.05, 0) is 48.7 Å². The second-order valence-corrected chi connectivity index (χ2v) is 5.77. The first-order chi connectivity index (χ1) is 10.2. The summed E-state index contributed by atoms with van der Waals surface area (Å²) >= 11 is 0. The van der Waals surface area contributed by atoms with E-state index in [2.05, 4.69) is 55.6 Å². The summed E-state index contributed by atoms with van der Waals surface area (Å²) < 4.78 is 5.79. The van der Waals surface area contributed by atoms with Crippen LogP contribution in [0.25, 0.3) is 0 Å². The van der Waals surface area contributed by atoms with Crippen LogP contribution in [0.15, 0.2) is 54.6 Å². The van der Waals surface area contributed by atoms with Gasteiger partial charge in [0.1, 0.15) is 12.4 Å². The van der Waals surface area contributed by atoms with Crippen LogP contribution in [0.1, 0.15) is 25.0 Å². The molecule has 0 aliphatic rings. The average molecular weight is 283 g/mol. The van der Waals surface area contributed by atoms with Gasteiger partial charge in [0.15, 0.2) is 0 Å². The fourth-order valence-corrected chi connectivity index (χ4v) is 2.12. The summed E-state index contributed by atoms with van der Waals surface area (Å²) in [5.74, 6) is 1.64. The Hall–Kier alpha value is -1.80. The van der Waals surface area contributed by atoms with Gasteiger partial charge in [-0.3, -0.25) is 0 Å². The van der Waals surface area contributed by atoms with Gasteiger partial charge >= 0.3 is 0 Å². The van der Waals surface area contributed by atoms with Crippen molar-refractivity contribution in [2.45, 2.75) is 26.9 Å².